The summed E-state index contributed by atoms with van der Waals surface area (Å²) < 4.78 is 2.65. The number of hydrogen-bond donors (Lipinski definition) is 0. The molecule has 0 amide bonds. The van der Waals surface area contributed by atoms with Gasteiger partial charge >= 0.3 is 0 Å². The van der Waals surface area contributed by atoms with Crippen molar-refractivity contribution in [2.75, 3.05) is 39.8 Å². The highest BCUT2D eigenvalue weighted by atomic mass is 15.5. The Bertz CT molecular complexity index is 441. The van der Waals surface area contributed by atoms with Crippen LogP contribution in [-0.4, -0.2) is 54.8 Å². The van der Waals surface area contributed by atoms with E-state index in [0.717, 1.165) is 12.5 Å². The summed E-state index contributed by atoms with van der Waals surface area (Å²) in [4.78, 5) is 0. The van der Waals surface area contributed by atoms with Gasteiger partial charge in [0.1, 0.15) is 45.3 Å². The zero-order chi connectivity index (χ0) is 13.5. The number of aryl methyl sites for hydroxylation is 1. The lowest BCUT2D eigenvalue weighted by Gasteiger charge is -2.57. The van der Waals surface area contributed by atoms with Crippen LogP contribution >= 0.6 is 0 Å². The van der Waals surface area contributed by atoms with Crippen LogP contribution in [0.4, 0.5) is 0 Å². The summed E-state index contributed by atoms with van der Waals surface area (Å²) in [7, 11) is 2.45. The zero-order valence-corrected chi connectivity index (χ0v) is 12.7. The van der Waals surface area contributed by atoms with Crippen molar-refractivity contribution < 1.29 is 8.97 Å². The average Bonchev–Trinajstić information content (AvgIpc) is 2.42. The fourth-order valence-corrected chi connectivity index (χ4v) is 3.98. The third-order valence-corrected chi connectivity index (χ3v) is 5.84. The van der Waals surface area contributed by atoms with Gasteiger partial charge in [0.2, 0.25) is 0 Å². The van der Waals surface area contributed by atoms with Gasteiger partial charge in [0, 0.05) is 5.56 Å². The fourth-order valence-electron chi connectivity index (χ4n) is 3.98. The number of hydrogen-bond acceptors (Lipinski definition) is 0. The normalized spacial score (nSPS) is 37.5. The number of fused-ring (bicyclic) bond motifs is 3. The molecular weight excluding hydrogens is 232 g/mol. The van der Waals surface area contributed by atoms with Crippen molar-refractivity contribution in [3.8, 4) is 0 Å². The Balaban J connectivity index is 1.75. The Morgan fingerprint density at radius 2 is 1.58 bits per heavy atom. The Morgan fingerprint density at radius 1 is 1.00 bits per heavy atom. The van der Waals surface area contributed by atoms with E-state index >= 15 is 0 Å². The van der Waals surface area contributed by atoms with Crippen LogP contribution in [0, 0.1) is 0 Å². The number of nitrogens with zero attached hydrogens (tertiary/aromatic N) is 2. The molecule has 1 atom stereocenters. The summed E-state index contributed by atoms with van der Waals surface area (Å²) >= 11 is 0. The Labute approximate surface area is 117 Å². The summed E-state index contributed by atoms with van der Waals surface area (Å²) in [5.41, 5.74) is 2.99. The predicted molar refractivity (Wildman–Crippen MR) is 79.8 cm³/mol. The first-order valence-corrected chi connectivity index (χ1v) is 7.82. The summed E-state index contributed by atoms with van der Waals surface area (Å²) in [5, 5.41) is 0. The maximum Gasteiger partial charge on any atom is 0.136 e. The van der Waals surface area contributed by atoms with E-state index in [9.17, 15) is 0 Å². The Kier molecular flexibility index (Phi) is 3.18. The molecule has 0 spiro atoms. The van der Waals surface area contributed by atoms with Gasteiger partial charge in [-0.2, -0.15) is 0 Å². The average molecular weight is 260 g/mol. The molecule has 19 heavy (non-hydrogen) atoms. The lowest BCUT2D eigenvalue weighted by Crippen LogP contribution is -2.76. The van der Waals surface area contributed by atoms with E-state index < -0.39 is 0 Å². The monoisotopic (exact) mass is 260 g/mol. The molecule has 1 unspecified atom stereocenters. The van der Waals surface area contributed by atoms with Gasteiger partial charge in [-0.3, -0.25) is 0 Å². The van der Waals surface area contributed by atoms with E-state index in [1.807, 2.05) is 0 Å². The highest BCUT2D eigenvalue weighted by Crippen LogP contribution is 2.31. The molecule has 0 aromatic heterocycles. The lowest BCUT2D eigenvalue weighted by atomic mass is 9.99. The molecule has 0 radical (unpaired) electrons. The minimum absolute atomic E-state index is 0.831. The smallest absolute Gasteiger partial charge is 0.136 e. The van der Waals surface area contributed by atoms with Gasteiger partial charge in [-0.15, -0.1) is 0 Å². The van der Waals surface area contributed by atoms with Crippen LogP contribution < -0.4 is 0 Å². The molecule has 1 aromatic rings. The lowest BCUT2D eigenvalue weighted by molar-refractivity contribution is -1.09. The van der Waals surface area contributed by atoms with Crippen LogP contribution in [0.2, 0.25) is 0 Å². The van der Waals surface area contributed by atoms with Crippen LogP contribution in [0.1, 0.15) is 25.0 Å². The van der Waals surface area contributed by atoms with Crippen molar-refractivity contribution >= 4 is 0 Å². The minimum Gasteiger partial charge on any atom is -0.310 e. The zero-order valence-electron chi connectivity index (χ0n) is 12.7. The molecule has 3 aliphatic rings. The summed E-state index contributed by atoms with van der Waals surface area (Å²) in [6.07, 6.45) is 1.15. The highest BCUT2D eigenvalue weighted by molar-refractivity contribution is 5.21. The third kappa shape index (κ3) is 2.32. The molecule has 3 heterocycles. The van der Waals surface area contributed by atoms with Gasteiger partial charge in [-0.1, -0.05) is 31.2 Å². The fraction of sp³-hybridized carbons (Fsp3) is 0.647. The van der Waals surface area contributed by atoms with Gasteiger partial charge in [0.25, 0.3) is 0 Å². The number of quaternary nitrogens is 2. The molecule has 0 aliphatic carbocycles. The number of benzene rings is 1. The molecule has 4 rings (SSSR count). The van der Waals surface area contributed by atoms with Gasteiger partial charge < -0.3 is 8.97 Å². The Hall–Kier alpha value is -0.860. The van der Waals surface area contributed by atoms with Gasteiger partial charge in [-0.25, -0.2) is 0 Å². The van der Waals surface area contributed by atoms with E-state index in [2.05, 4.69) is 45.2 Å². The van der Waals surface area contributed by atoms with Crippen molar-refractivity contribution in [3.05, 3.63) is 35.4 Å². The number of piperazine rings is 3. The number of likely N-dealkylation sites (N-methyl/N-ethyl adjacent to an activating group) is 1. The van der Waals surface area contributed by atoms with E-state index in [0.29, 0.717) is 0 Å². The first-order valence-electron chi connectivity index (χ1n) is 7.82. The molecule has 104 valence electrons. The first kappa shape index (κ1) is 13.1. The molecule has 1 aromatic carbocycles. The Morgan fingerprint density at radius 3 is 2.11 bits per heavy atom. The molecule has 2 nitrogen and oxygen atoms in total. The largest absolute Gasteiger partial charge is 0.310 e. The van der Waals surface area contributed by atoms with Crippen molar-refractivity contribution in [1.29, 1.82) is 0 Å². The summed E-state index contributed by atoms with van der Waals surface area (Å²) in [5.74, 6) is 0. The highest BCUT2D eigenvalue weighted by Gasteiger charge is 2.51. The van der Waals surface area contributed by atoms with Gasteiger partial charge in [-0.05, 0) is 18.9 Å². The van der Waals surface area contributed by atoms with Crippen LogP contribution in [0.3, 0.4) is 0 Å². The van der Waals surface area contributed by atoms with Crippen molar-refractivity contribution in [2.24, 2.45) is 0 Å². The SMILES string of the molecule is CCc1ccc(C[N+]23CC[N+](C)(CC2)C(C)C3)cc1. The first-order chi connectivity index (χ1) is 9.05. The molecule has 0 saturated carbocycles. The molecule has 2 heteroatoms. The molecular formula is C17H28N2+2. The summed E-state index contributed by atoms with van der Waals surface area (Å²) in [6, 6.07) is 10.2. The second-order valence-electron chi connectivity index (χ2n) is 7.08. The molecule has 3 aliphatic heterocycles. The van der Waals surface area contributed by atoms with Crippen molar-refractivity contribution in [2.45, 2.75) is 32.9 Å². The number of rotatable bonds is 3. The van der Waals surface area contributed by atoms with E-state index in [1.54, 1.807) is 0 Å². The van der Waals surface area contributed by atoms with Crippen LogP contribution in [0.25, 0.3) is 0 Å². The van der Waals surface area contributed by atoms with E-state index in [4.69, 9.17) is 0 Å². The quantitative estimate of drug-likeness (QED) is 0.732. The molecule has 3 saturated heterocycles. The maximum absolute atomic E-state index is 2.45. The third-order valence-electron chi connectivity index (χ3n) is 5.84. The van der Waals surface area contributed by atoms with Crippen molar-refractivity contribution in [1.82, 2.24) is 0 Å². The van der Waals surface area contributed by atoms with Crippen LogP contribution in [-0.2, 0) is 13.0 Å². The van der Waals surface area contributed by atoms with Gasteiger partial charge in [0.05, 0.1) is 7.05 Å². The predicted octanol–water partition coefficient (Wildman–Crippen LogP) is 2.43. The molecule has 0 N–H and O–H groups in total. The topological polar surface area (TPSA) is 0 Å². The summed E-state index contributed by atoms with van der Waals surface area (Å²) in [6.45, 7) is 12.8. The van der Waals surface area contributed by atoms with E-state index in [1.165, 1.54) is 59.4 Å². The van der Waals surface area contributed by atoms with Gasteiger partial charge in [0.15, 0.2) is 0 Å². The van der Waals surface area contributed by atoms with Crippen LogP contribution in [0.15, 0.2) is 24.3 Å². The second-order valence-corrected chi connectivity index (χ2v) is 7.08. The molecule has 3 fully saturated rings. The second kappa shape index (κ2) is 4.60. The minimum atomic E-state index is 0.831. The molecule has 2 bridgehead atoms. The van der Waals surface area contributed by atoms with Crippen LogP contribution in [0.5, 0.6) is 0 Å². The van der Waals surface area contributed by atoms with E-state index in [-0.39, 0.29) is 0 Å². The standard InChI is InChI=1S/C17H28N2/c1-4-16-5-7-17(8-6-16)14-19-11-9-18(3,10-12-19)15(2)13-19/h5-8,15H,4,9-14H2,1-3H3/q+2. The maximum atomic E-state index is 2.45. The van der Waals surface area contributed by atoms with Crippen molar-refractivity contribution in [3.63, 3.8) is 0 Å².